The van der Waals surface area contributed by atoms with Crippen LogP contribution in [0, 0.1) is 0 Å². The number of rotatable bonds is 13. The highest BCUT2D eigenvalue weighted by Crippen LogP contribution is 2.28. The Morgan fingerprint density at radius 2 is 1.82 bits per heavy atom. The Hall–Kier alpha value is -4.29. The van der Waals surface area contributed by atoms with Crippen molar-refractivity contribution >= 4 is 40.5 Å². The highest BCUT2D eigenvalue weighted by molar-refractivity contribution is 5.85. The zero-order chi connectivity index (χ0) is 31.7. The number of unbranched alkanes of at least 4 members (excludes halogenated alkanes) is 2. The topological polar surface area (TPSA) is 153 Å². The van der Waals surface area contributed by atoms with E-state index in [-0.39, 0.29) is 11.9 Å². The van der Waals surface area contributed by atoms with Crippen molar-refractivity contribution in [2.75, 3.05) is 62.3 Å². The molecule has 44 heavy (non-hydrogen) atoms. The molecule has 1 fully saturated rings. The molecule has 0 unspecified atom stereocenters. The van der Waals surface area contributed by atoms with E-state index in [2.05, 4.69) is 44.6 Å². The van der Waals surface area contributed by atoms with Crippen LogP contribution in [0.15, 0.2) is 24.4 Å². The summed E-state index contributed by atoms with van der Waals surface area (Å²) < 4.78 is 12.8. The van der Waals surface area contributed by atoms with E-state index in [0.29, 0.717) is 49.5 Å². The van der Waals surface area contributed by atoms with Crippen molar-refractivity contribution in [2.45, 2.75) is 71.9 Å². The van der Waals surface area contributed by atoms with Gasteiger partial charge in [-0.2, -0.15) is 10.1 Å². The van der Waals surface area contributed by atoms with Gasteiger partial charge in [-0.15, -0.1) is 0 Å². The summed E-state index contributed by atoms with van der Waals surface area (Å²) in [6.07, 6.45) is 5.46. The lowest BCUT2D eigenvalue weighted by molar-refractivity contribution is -0.131. The number of nitrogens with one attached hydrogen (secondary N) is 2. The van der Waals surface area contributed by atoms with E-state index in [9.17, 15) is 9.59 Å². The number of piperazine rings is 1. The molecule has 0 saturated carbocycles. The Labute approximate surface area is 259 Å². The number of ether oxygens (including phenoxy) is 2. The third-order valence-corrected chi connectivity index (χ3v) is 7.34. The second kappa shape index (κ2) is 14.9. The maximum atomic E-state index is 12.8. The Kier molecular flexibility index (Phi) is 11.1. The summed E-state index contributed by atoms with van der Waals surface area (Å²) in [5.41, 5.74) is 8.85. The number of fused-ring (bicyclic) bond motifs is 1. The van der Waals surface area contributed by atoms with Crippen molar-refractivity contribution in [2.24, 2.45) is 0 Å². The number of nitrogen functional groups attached to an aromatic ring is 1. The number of benzene rings is 1. The van der Waals surface area contributed by atoms with Crippen LogP contribution in [0.2, 0.25) is 0 Å². The van der Waals surface area contributed by atoms with Crippen LogP contribution in [0.25, 0.3) is 11.0 Å². The number of hydrogen-bond donors (Lipinski definition) is 3. The maximum absolute atomic E-state index is 12.8. The molecule has 3 heterocycles. The first-order chi connectivity index (χ1) is 21.1. The molecule has 2 amide bonds. The normalized spacial score (nSPS) is 13.7. The van der Waals surface area contributed by atoms with Gasteiger partial charge in [-0.05, 0) is 46.1 Å². The fourth-order valence-corrected chi connectivity index (χ4v) is 5.08. The van der Waals surface area contributed by atoms with E-state index < -0.39 is 11.7 Å². The summed E-state index contributed by atoms with van der Waals surface area (Å²) in [4.78, 5) is 37.4. The molecule has 4 rings (SSSR count). The van der Waals surface area contributed by atoms with Crippen LogP contribution >= 0.6 is 0 Å². The minimum Gasteiger partial charge on any atom is -0.496 e. The summed E-state index contributed by atoms with van der Waals surface area (Å²) in [6.45, 7) is 12.2. The van der Waals surface area contributed by atoms with Crippen LogP contribution in [0.1, 0.15) is 65.4 Å². The molecule has 0 atom stereocenters. The third-order valence-electron chi connectivity index (χ3n) is 7.34. The first kappa shape index (κ1) is 32.6. The molecule has 3 aromatic rings. The molecule has 13 nitrogen and oxygen atoms in total. The van der Waals surface area contributed by atoms with Crippen molar-refractivity contribution in [3.05, 3.63) is 30.0 Å². The second-order valence-electron chi connectivity index (χ2n) is 12.0. The second-order valence-corrected chi connectivity index (χ2v) is 12.0. The molecule has 0 radical (unpaired) electrons. The summed E-state index contributed by atoms with van der Waals surface area (Å²) in [5, 5.41) is 10.8. The minimum atomic E-state index is -0.521. The largest absolute Gasteiger partial charge is 0.496 e. The molecule has 0 bridgehead atoms. The summed E-state index contributed by atoms with van der Waals surface area (Å²) >= 11 is 0. The molecule has 4 N–H and O–H groups in total. The van der Waals surface area contributed by atoms with Crippen LogP contribution < -0.4 is 26.0 Å². The molecule has 1 aliphatic heterocycles. The third kappa shape index (κ3) is 9.10. The number of methoxy groups -OCH3 is 1. The highest BCUT2D eigenvalue weighted by atomic mass is 16.6. The first-order valence-electron chi connectivity index (χ1n) is 15.5. The molecule has 1 aromatic carbocycles. The Balaban J connectivity index is 1.28. The molecule has 0 aliphatic carbocycles. The molecule has 240 valence electrons. The van der Waals surface area contributed by atoms with Gasteiger partial charge in [0.2, 0.25) is 11.9 Å². The fourth-order valence-electron chi connectivity index (χ4n) is 5.08. The average Bonchev–Trinajstić information content (AvgIpc) is 3.38. The standard InChI is InChI=1S/C31H47N9O4/c1-6-7-13-33-28-27-24(35-29(32)36-28)21-40(37-27)20-22-11-12-23(19-25(22)43-5)38-15-17-39(18-16-38)26(41)10-8-9-14-34-30(42)44-31(2,3)4/h11-12,19,21H,6-10,13-18,20H2,1-5H3,(H,34,42)(H3,32,33,35,36). The van der Waals surface area contributed by atoms with E-state index in [1.807, 2.05) is 42.6 Å². The van der Waals surface area contributed by atoms with Crippen LogP contribution in [0.3, 0.4) is 0 Å². The van der Waals surface area contributed by atoms with Crippen LogP contribution in [0.5, 0.6) is 5.75 Å². The molecular weight excluding hydrogens is 562 g/mol. The van der Waals surface area contributed by atoms with E-state index in [0.717, 1.165) is 62.3 Å². The lowest BCUT2D eigenvalue weighted by Gasteiger charge is -2.36. The molecule has 2 aromatic heterocycles. The number of anilines is 3. The minimum absolute atomic E-state index is 0.150. The molecule has 0 spiro atoms. The molecule has 13 heteroatoms. The van der Waals surface area contributed by atoms with Gasteiger partial charge in [-0.3, -0.25) is 9.48 Å². The monoisotopic (exact) mass is 609 g/mol. The van der Waals surface area contributed by atoms with Crippen molar-refractivity contribution in [1.82, 2.24) is 30.0 Å². The van der Waals surface area contributed by atoms with E-state index in [1.165, 1.54) is 0 Å². The van der Waals surface area contributed by atoms with Gasteiger partial charge in [0.05, 0.1) is 19.9 Å². The van der Waals surface area contributed by atoms with Gasteiger partial charge >= 0.3 is 6.09 Å². The fraction of sp³-hybridized carbons (Fsp3) is 0.581. The molecular formula is C31H47N9O4. The van der Waals surface area contributed by atoms with Crippen LogP contribution in [-0.4, -0.2) is 88.6 Å². The Morgan fingerprint density at radius 3 is 2.52 bits per heavy atom. The predicted octanol–water partition coefficient (Wildman–Crippen LogP) is 4.02. The van der Waals surface area contributed by atoms with E-state index >= 15 is 0 Å². The lowest BCUT2D eigenvalue weighted by Crippen LogP contribution is -2.48. The predicted molar refractivity (Wildman–Crippen MR) is 172 cm³/mol. The zero-order valence-electron chi connectivity index (χ0n) is 26.7. The van der Waals surface area contributed by atoms with Crippen LogP contribution in [0.4, 0.5) is 22.2 Å². The lowest BCUT2D eigenvalue weighted by atomic mass is 10.1. The van der Waals surface area contributed by atoms with Crippen molar-refractivity contribution in [1.29, 1.82) is 0 Å². The van der Waals surface area contributed by atoms with Gasteiger partial charge < -0.3 is 35.6 Å². The molecule has 1 aliphatic rings. The van der Waals surface area contributed by atoms with Crippen molar-refractivity contribution in [3.63, 3.8) is 0 Å². The van der Waals surface area contributed by atoms with Gasteiger partial charge in [0.25, 0.3) is 0 Å². The van der Waals surface area contributed by atoms with Gasteiger partial charge in [0, 0.05) is 63.0 Å². The number of carbonyl (C=O) groups excluding carboxylic acids is 2. The number of nitrogens with two attached hydrogens (primary N) is 1. The number of aromatic nitrogens is 4. The number of hydrogen-bond acceptors (Lipinski definition) is 10. The maximum Gasteiger partial charge on any atom is 0.407 e. The first-order valence-corrected chi connectivity index (χ1v) is 15.5. The van der Waals surface area contributed by atoms with Gasteiger partial charge in [0.15, 0.2) is 11.3 Å². The SMILES string of the molecule is CCCCNc1nc(N)nc2cn(Cc3ccc(N4CCN(C(=O)CCCCNC(=O)OC(C)(C)C)CC4)cc3OC)nc12. The number of carbonyl (C=O) groups is 2. The molecule has 1 saturated heterocycles. The highest BCUT2D eigenvalue weighted by Gasteiger charge is 2.22. The average molecular weight is 610 g/mol. The van der Waals surface area contributed by atoms with Gasteiger partial charge in [-0.25, -0.2) is 9.78 Å². The van der Waals surface area contributed by atoms with Gasteiger partial charge in [-0.1, -0.05) is 19.4 Å². The summed E-state index contributed by atoms with van der Waals surface area (Å²) in [6, 6.07) is 6.19. The van der Waals surface area contributed by atoms with Gasteiger partial charge in [0.1, 0.15) is 16.9 Å². The Bertz CT molecular complexity index is 1410. The summed E-state index contributed by atoms with van der Waals surface area (Å²) in [7, 11) is 1.67. The smallest absolute Gasteiger partial charge is 0.407 e. The van der Waals surface area contributed by atoms with E-state index in [1.54, 1.807) is 7.11 Å². The van der Waals surface area contributed by atoms with Crippen molar-refractivity contribution < 1.29 is 19.1 Å². The van der Waals surface area contributed by atoms with Crippen LogP contribution in [-0.2, 0) is 16.1 Å². The Morgan fingerprint density at radius 1 is 1.05 bits per heavy atom. The summed E-state index contributed by atoms with van der Waals surface area (Å²) in [5.74, 6) is 1.78. The van der Waals surface area contributed by atoms with E-state index in [4.69, 9.17) is 20.3 Å². The zero-order valence-corrected chi connectivity index (χ0v) is 26.7. The quantitative estimate of drug-likeness (QED) is 0.242. The van der Waals surface area contributed by atoms with Crippen molar-refractivity contribution in [3.8, 4) is 5.75 Å². The number of alkyl carbamates (subject to hydrolysis) is 1. The number of nitrogens with zero attached hydrogens (tertiary/aromatic N) is 6. The number of amides is 2.